The van der Waals surface area contributed by atoms with Crippen LogP contribution in [0.3, 0.4) is 0 Å². The Labute approximate surface area is 88.6 Å². The van der Waals surface area contributed by atoms with Gasteiger partial charge in [0.1, 0.15) is 0 Å². The summed E-state index contributed by atoms with van der Waals surface area (Å²) in [5.74, 6) is 0. The van der Waals surface area contributed by atoms with Crippen LogP contribution in [0, 0.1) is 0 Å². The van der Waals surface area contributed by atoms with Crippen LogP contribution in [0.25, 0.3) is 0 Å². The molecule has 0 atom stereocenters. The van der Waals surface area contributed by atoms with Gasteiger partial charge in [0.25, 0.3) is 0 Å². The smallest absolute Gasteiger partial charge is 0.0634 e. The number of ether oxygens (including phenoxy) is 1. The van der Waals surface area contributed by atoms with Crippen molar-refractivity contribution in [1.29, 1.82) is 0 Å². The minimum absolute atomic E-state index is 0.0427. The van der Waals surface area contributed by atoms with Crippen molar-refractivity contribution < 1.29 is 4.74 Å². The normalized spacial score (nSPS) is 13.7. The summed E-state index contributed by atoms with van der Waals surface area (Å²) in [6, 6.07) is 0. The molecule has 2 N–H and O–H groups in total. The highest BCUT2D eigenvalue weighted by molar-refractivity contribution is 4.81. The Morgan fingerprint density at radius 3 is 2.07 bits per heavy atom. The number of rotatable bonds is 6. The van der Waals surface area contributed by atoms with Gasteiger partial charge in [0.05, 0.1) is 5.60 Å². The molecule has 0 aromatic heterocycles. The molecule has 0 unspecified atom stereocenters. The molecule has 3 nitrogen and oxygen atoms in total. The SMILES string of the molecule is COC(C)(C)CCN(C)C(C)(C)CN. The van der Waals surface area contributed by atoms with Crippen LogP contribution < -0.4 is 5.73 Å². The zero-order valence-corrected chi connectivity index (χ0v) is 10.6. The van der Waals surface area contributed by atoms with E-state index in [2.05, 4.69) is 39.6 Å². The van der Waals surface area contributed by atoms with E-state index in [4.69, 9.17) is 10.5 Å². The van der Waals surface area contributed by atoms with Gasteiger partial charge < -0.3 is 10.5 Å². The molecule has 3 heteroatoms. The summed E-state index contributed by atoms with van der Waals surface area (Å²) < 4.78 is 5.38. The predicted molar refractivity (Wildman–Crippen MR) is 61.5 cm³/mol. The molecule has 0 spiro atoms. The molecule has 86 valence electrons. The van der Waals surface area contributed by atoms with Gasteiger partial charge in [0.15, 0.2) is 0 Å². The molecule has 0 aliphatic carbocycles. The van der Waals surface area contributed by atoms with Crippen LogP contribution in [0.4, 0.5) is 0 Å². The first-order valence-corrected chi connectivity index (χ1v) is 5.21. The van der Waals surface area contributed by atoms with Crippen LogP contribution in [-0.4, -0.2) is 43.3 Å². The lowest BCUT2D eigenvalue weighted by atomic mass is 10.0. The van der Waals surface area contributed by atoms with Crippen molar-refractivity contribution in [3.8, 4) is 0 Å². The quantitative estimate of drug-likeness (QED) is 0.709. The molecule has 0 heterocycles. The summed E-state index contributed by atoms with van der Waals surface area (Å²) in [7, 11) is 3.87. The van der Waals surface area contributed by atoms with Crippen molar-refractivity contribution in [1.82, 2.24) is 4.90 Å². The van der Waals surface area contributed by atoms with Crippen molar-refractivity contribution in [2.75, 3.05) is 27.2 Å². The number of nitrogens with zero attached hydrogens (tertiary/aromatic N) is 1. The number of hydrogen-bond donors (Lipinski definition) is 1. The van der Waals surface area contributed by atoms with E-state index in [0.717, 1.165) is 13.0 Å². The van der Waals surface area contributed by atoms with Crippen LogP contribution in [0.5, 0.6) is 0 Å². The Balaban J connectivity index is 4.02. The lowest BCUT2D eigenvalue weighted by Gasteiger charge is -2.36. The third kappa shape index (κ3) is 4.40. The second-order valence-electron chi connectivity index (χ2n) is 5.15. The van der Waals surface area contributed by atoms with E-state index in [9.17, 15) is 0 Å². The van der Waals surface area contributed by atoms with E-state index < -0.39 is 0 Å². The van der Waals surface area contributed by atoms with Gasteiger partial charge in [0.2, 0.25) is 0 Å². The maximum atomic E-state index is 5.71. The Bertz CT molecular complexity index is 167. The number of nitrogens with two attached hydrogens (primary N) is 1. The number of hydrogen-bond acceptors (Lipinski definition) is 3. The molecular weight excluding hydrogens is 176 g/mol. The summed E-state index contributed by atoms with van der Waals surface area (Å²) >= 11 is 0. The van der Waals surface area contributed by atoms with Gasteiger partial charge in [-0.25, -0.2) is 0 Å². The van der Waals surface area contributed by atoms with E-state index in [-0.39, 0.29) is 11.1 Å². The number of methoxy groups -OCH3 is 1. The molecule has 0 rings (SSSR count). The Morgan fingerprint density at radius 2 is 1.71 bits per heavy atom. The van der Waals surface area contributed by atoms with Crippen molar-refractivity contribution in [2.45, 2.75) is 45.3 Å². The van der Waals surface area contributed by atoms with Crippen LogP contribution in [0.2, 0.25) is 0 Å². The average molecular weight is 202 g/mol. The molecule has 0 aliphatic heterocycles. The lowest BCUT2D eigenvalue weighted by Crippen LogP contribution is -2.48. The maximum Gasteiger partial charge on any atom is 0.0634 e. The van der Waals surface area contributed by atoms with E-state index in [1.165, 1.54) is 0 Å². The second-order valence-corrected chi connectivity index (χ2v) is 5.15. The van der Waals surface area contributed by atoms with Gasteiger partial charge in [-0.2, -0.15) is 0 Å². The minimum atomic E-state index is -0.0427. The maximum absolute atomic E-state index is 5.71. The second kappa shape index (κ2) is 5.10. The van der Waals surface area contributed by atoms with E-state index >= 15 is 0 Å². The highest BCUT2D eigenvalue weighted by Gasteiger charge is 2.24. The predicted octanol–water partition coefficient (Wildman–Crippen LogP) is 1.47. The average Bonchev–Trinajstić information content (AvgIpc) is 2.14. The Kier molecular flexibility index (Phi) is 5.06. The van der Waals surface area contributed by atoms with Crippen molar-refractivity contribution in [3.63, 3.8) is 0 Å². The lowest BCUT2D eigenvalue weighted by molar-refractivity contribution is 0.00217. The van der Waals surface area contributed by atoms with Gasteiger partial charge >= 0.3 is 0 Å². The van der Waals surface area contributed by atoms with Crippen molar-refractivity contribution in [3.05, 3.63) is 0 Å². The van der Waals surface area contributed by atoms with Crippen LogP contribution in [0.15, 0.2) is 0 Å². The number of likely N-dealkylation sites (N-methyl/N-ethyl adjacent to an activating group) is 1. The monoisotopic (exact) mass is 202 g/mol. The van der Waals surface area contributed by atoms with Gasteiger partial charge in [-0.15, -0.1) is 0 Å². The van der Waals surface area contributed by atoms with Gasteiger partial charge in [0, 0.05) is 25.7 Å². The molecule has 0 radical (unpaired) electrons. The summed E-state index contributed by atoms with van der Waals surface area (Å²) in [5, 5.41) is 0. The molecule has 0 saturated carbocycles. The standard InChI is InChI=1S/C11H26N2O/c1-10(2,9-12)13(5)8-7-11(3,4)14-6/h7-9,12H2,1-6H3. The fourth-order valence-corrected chi connectivity index (χ4v) is 0.998. The molecule has 0 bridgehead atoms. The summed E-state index contributed by atoms with van der Waals surface area (Å²) in [4.78, 5) is 2.29. The van der Waals surface area contributed by atoms with Gasteiger partial charge in [-0.05, 0) is 41.2 Å². The van der Waals surface area contributed by atoms with E-state index in [1.807, 2.05) is 0 Å². The van der Waals surface area contributed by atoms with Crippen LogP contribution in [0.1, 0.15) is 34.1 Å². The highest BCUT2D eigenvalue weighted by Crippen LogP contribution is 2.17. The molecular formula is C11H26N2O. The third-order valence-electron chi connectivity index (χ3n) is 3.13. The Hall–Kier alpha value is -0.120. The van der Waals surface area contributed by atoms with Crippen LogP contribution in [-0.2, 0) is 4.74 Å². The third-order valence-corrected chi connectivity index (χ3v) is 3.13. The summed E-state index contributed by atoms with van der Waals surface area (Å²) in [5.41, 5.74) is 5.74. The zero-order chi connectivity index (χ0) is 11.4. The van der Waals surface area contributed by atoms with Crippen LogP contribution >= 0.6 is 0 Å². The molecule has 0 fully saturated rings. The van der Waals surface area contributed by atoms with E-state index in [0.29, 0.717) is 6.54 Å². The first kappa shape index (κ1) is 13.9. The molecule has 0 saturated heterocycles. The molecule has 0 aromatic carbocycles. The van der Waals surface area contributed by atoms with Crippen molar-refractivity contribution >= 4 is 0 Å². The first-order valence-electron chi connectivity index (χ1n) is 5.21. The van der Waals surface area contributed by atoms with Crippen molar-refractivity contribution in [2.24, 2.45) is 5.73 Å². The Morgan fingerprint density at radius 1 is 1.21 bits per heavy atom. The molecule has 14 heavy (non-hydrogen) atoms. The minimum Gasteiger partial charge on any atom is -0.379 e. The van der Waals surface area contributed by atoms with Gasteiger partial charge in [-0.1, -0.05) is 0 Å². The van der Waals surface area contributed by atoms with Gasteiger partial charge in [-0.3, -0.25) is 4.90 Å². The van der Waals surface area contributed by atoms with E-state index in [1.54, 1.807) is 7.11 Å². The molecule has 0 amide bonds. The molecule has 0 aliphatic rings. The zero-order valence-electron chi connectivity index (χ0n) is 10.6. The summed E-state index contributed by atoms with van der Waals surface area (Å²) in [6.45, 7) is 10.2. The molecule has 0 aromatic rings. The first-order chi connectivity index (χ1) is 6.25. The largest absolute Gasteiger partial charge is 0.379 e. The fraction of sp³-hybridized carbons (Fsp3) is 1.00. The highest BCUT2D eigenvalue weighted by atomic mass is 16.5. The topological polar surface area (TPSA) is 38.5 Å². The fourth-order valence-electron chi connectivity index (χ4n) is 0.998. The summed E-state index contributed by atoms with van der Waals surface area (Å²) in [6.07, 6.45) is 1.02.